The van der Waals surface area contributed by atoms with Crippen LogP contribution in [0.4, 0.5) is 5.69 Å². The standard InChI is InChI=1S/C8H8N2S.K.H/c11-8-9-5-6-3-1-2-4-7(6)10-8;;/h1-5,8,10-11H;;/q;+1;-1. The van der Waals surface area contributed by atoms with Crippen molar-refractivity contribution in [2.24, 2.45) is 4.99 Å². The summed E-state index contributed by atoms with van der Waals surface area (Å²) < 4.78 is 0. The molecule has 2 rings (SSSR count). The molecule has 1 unspecified atom stereocenters. The molecule has 0 spiro atoms. The molecular formula is C8H9KN2S. The van der Waals surface area contributed by atoms with Gasteiger partial charge in [-0.2, -0.15) is 0 Å². The van der Waals surface area contributed by atoms with E-state index >= 15 is 0 Å². The number of fused-ring (bicyclic) bond motifs is 1. The van der Waals surface area contributed by atoms with Gasteiger partial charge in [0.15, 0.2) is 5.50 Å². The fraction of sp³-hybridized carbons (Fsp3) is 0.125. The summed E-state index contributed by atoms with van der Waals surface area (Å²) in [5, 5.41) is 3.13. The number of thiol groups is 1. The molecule has 0 saturated carbocycles. The minimum absolute atomic E-state index is 0. The number of anilines is 1. The quantitative estimate of drug-likeness (QED) is 0.405. The smallest absolute Gasteiger partial charge is 1.00 e. The van der Waals surface area contributed by atoms with Gasteiger partial charge in [0.05, 0.1) is 0 Å². The van der Waals surface area contributed by atoms with Crippen molar-refractivity contribution in [3.63, 3.8) is 0 Å². The number of nitrogens with zero attached hydrogens (tertiary/aromatic N) is 1. The first-order valence-corrected chi connectivity index (χ1v) is 3.95. The Morgan fingerprint density at radius 1 is 1.42 bits per heavy atom. The third kappa shape index (κ3) is 2.34. The topological polar surface area (TPSA) is 24.4 Å². The summed E-state index contributed by atoms with van der Waals surface area (Å²) in [6, 6.07) is 8.02. The van der Waals surface area contributed by atoms with Gasteiger partial charge in [-0.1, -0.05) is 18.2 Å². The monoisotopic (exact) mass is 204 g/mol. The maximum Gasteiger partial charge on any atom is 1.00 e. The molecule has 1 aromatic carbocycles. The third-order valence-corrected chi connectivity index (χ3v) is 1.86. The van der Waals surface area contributed by atoms with Crippen LogP contribution in [0, 0.1) is 0 Å². The van der Waals surface area contributed by atoms with E-state index in [0.717, 1.165) is 11.3 Å². The number of benzene rings is 1. The maximum absolute atomic E-state index is 4.18. The molecule has 12 heavy (non-hydrogen) atoms. The van der Waals surface area contributed by atoms with Crippen molar-refractivity contribution >= 4 is 24.5 Å². The van der Waals surface area contributed by atoms with Crippen LogP contribution < -0.4 is 56.7 Å². The number of hydrogen-bond donors (Lipinski definition) is 2. The van der Waals surface area contributed by atoms with Crippen molar-refractivity contribution in [2.45, 2.75) is 5.50 Å². The van der Waals surface area contributed by atoms with E-state index in [0.29, 0.717) is 0 Å². The van der Waals surface area contributed by atoms with Crippen molar-refractivity contribution in [2.75, 3.05) is 5.32 Å². The summed E-state index contributed by atoms with van der Waals surface area (Å²) in [5.74, 6) is 0. The molecule has 1 atom stereocenters. The second kappa shape index (κ2) is 4.79. The van der Waals surface area contributed by atoms with Crippen molar-refractivity contribution in [3.05, 3.63) is 29.8 Å². The number of para-hydroxylation sites is 1. The molecule has 0 aliphatic carbocycles. The van der Waals surface area contributed by atoms with Gasteiger partial charge in [-0.25, -0.2) is 0 Å². The maximum atomic E-state index is 4.18. The zero-order chi connectivity index (χ0) is 7.68. The number of nitrogens with one attached hydrogen (secondary N) is 1. The minimum Gasteiger partial charge on any atom is -1.00 e. The van der Waals surface area contributed by atoms with Crippen molar-refractivity contribution in [1.29, 1.82) is 0 Å². The van der Waals surface area contributed by atoms with E-state index in [1.807, 2.05) is 30.5 Å². The van der Waals surface area contributed by atoms with E-state index in [-0.39, 0.29) is 58.3 Å². The third-order valence-electron chi connectivity index (χ3n) is 1.60. The van der Waals surface area contributed by atoms with Crippen LogP contribution in [0.2, 0.25) is 0 Å². The summed E-state index contributed by atoms with van der Waals surface area (Å²) in [4.78, 5) is 4.10. The van der Waals surface area contributed by atoms with Gasteiger partial charge < -0.3 is 6.74 Å². The van der Waals surface area contributed by atoms with Gasteiger partial charge in [0.2, 0.25) is 0 Å². The summed E-state index contributed by atoms with van der Waals surface area (Å²) in [7, 11) is 0. The number of hydrogen-bond acceptors (Lipinski definition) is 3. The summed E-state index contributed by atoms with van der Waals surface area (Å²) >= 11 is 4.18. The number of rotatable bonds is 0. The Morgan fingerprint density at radius 2 is 2.17 bits per heavy atom. The zero-order valence-electron chi connectivity index (χ0n) is 7.86. The molecule has 1 aliphatic rings. The molecule has 4 heteroatoms. The largest absolute Gasteiger partial charge is 1.00 e. The van der Waals surface area contributed by atoms with Crippen LogP contribution in [0.1, 0.15) is 6.99 Å². The van der Waals surface area contributed by atoms with E-state index in [1.54, 1.807) is 0 Å². The van der Waals surface area contributed by atoms with E-state index in [1.165, 1.54) is 0 Å². The van der Waals surface area contributed by atoms with Gasteiger partial charge in [-0.3, -0.25) is 4.99 Å². The Hall–Kier alpha value is 0.676. The second-order valence-corrected chi connectivity index (χ2v) is 2.87. The van der Waals surface area contributed by atoms with E-state index in [2.05, 4.69) is 22.9 Å². The molecule has 1 heterocycles. The molecule has 0 aromatic heterocycles. The molecule has 2 nitrogen and oxygen atoms in total. The zero-order valence-corrected chi connectivity index (χ0v) is 10.9. The molecule has 1 N–H and O–H groups in total. The van der Waals surface area contributed by atoms with Gasteiger partial charge in [0, 0.05) is 17.5 Å². The molecule has 58 valence electrons. The Kier molecular flexibility index (Phi) is 4.29. The molecule has 0 radical (unpaired) electrons. The molecular weight excluding hydrogens is 195 g/mol. The second-order valence-electron chi connectivity index (χ2n) is 2.38. The molecule has 1 aromatic rings. The summed E-state index contributed by atoms with van der Waals surface area (Å²) in [6.07, 6.45) is 1.84. The fourth-order valence-electron chi connectivity index (χ4n) is 1.07. The van der Waals surface area contributed by atoms with E-state index in [9.17, 15) is 0 Å². The Bertz CT molecular complexity index is 306. The molecule has 0 saturated heterocycles. The van der Waals surface area contributed by atoms with Crippen LogP contribution in [0.3, 0.4) is 0 Å². The Morgan fingerprint density at radius 3 is 3.00 bits per heavy atom. The summed E-state index contributed by atoms with van der Waals surface area (Å²) in [5.41, 5.74) is 2.13. The summed E-state index contributed by atoms with van der Waals surface area (Å²) in [6.45, 7) is 0. The van der Waals surface area contributed by atoms with Crippen LogP contribution in [0.25, 0.3) is 0 Å². The van der Waals surface area contributed by atoms with Gasteiger partial charge in [0.1, 0.15) is 0 Å². The first-order valence-electron chi connectivity index (χ1n) is 3.43. The average molecular weight is 204 g/mol. The van der Waals surface area contributed by atoms with Crippen molar-refractivity contribution in [3.8, 4) is 0 Å². The van der Waals surface area contributed by atoms with Crippen LogP contribution in [-0.2, 0) is 0 Å². The SMILES string of the molecule is SC1N=Cc2ccccc2N1.[H-].[K+]. The van der Waals surface area contributed by atoms with Crippen molar-refractivity contribution in [1.82, 2.24) is 0 Å². The van der Waals surface area contributed by atoms with Gasteiger partial charge in [-0.05, 0) is 6.07 Å². The van der Waals surface area contributed by atoms with Gasteiger partial charge >= 0.3 is 51.4 Å². The van der Waals surface area contributed by atoms with E-state index in [4.69, 9.17) is 0 Å². The van der Waals surface area contributed by atoms with Gasteiger partial charge in [0.25, 0.3) is 0 Å². The first kappa shape index (κ1) is 10.8. The normalized spacial score (nSPS) is 18.9. The first-order chi connectivity index (χ1) is 5.36. The molecule has 0 fully saturated rings. The van der Waals surface area contributed by atoms with Crippen LogP contribution in [-0.4, -0.2) is 11.7 Å². The van der Waals surface area contributed by atoms with Gasteiger partial charge in [-0.15, -0.1) is 12.6 Å². The predicted octanol–water partition coefficient (Wildman–Crippen LogP) is -1.14. The van der Waals surface area contributed by atoms with Crippen LogP contribution in [0.5, 0.6) is 0 Å². The predicted molar refractivity (Wildman–Crippen MR) is 51.5 cm³/mol. The van der Waals surface area contributed by atoms with Crippen LogP contribution >= 0.6 is 12.6 Å². The van der Waals surface area contributed by atoms with Crippen LogP contribution in [0.15, 0.2) is 29.3 Å². The van der Waals surface area contributed by atoms with Crippen molar-refractivity contribution < 1.29 is 52.8 Å². The molecule has 0 amide bonds. The average Bonchev–Trinajstić information content (AvgIpc) is 2.04. The molecule has 1 aliphatic heterocycles. The van der Waals surface area contributed by atoms with E-state index < -0.39 is 0 Å². The Labute approximate surface area is 121 Å². The minimum atomic E-state index is -0.0927. The Balaban J connectivity index is 0.000000720. The molecule has 0 bridgehead atoms. The number of aliphatic imine (C=N–C) groups is 1. The fourth-order valence-corrected chi connectivity index (χ4v) is 1.27.